The summed E-state index contributed by atoms with van der Waals surface area (Å²) in [5.41, 5.74) is 0. The number of amides is 1. The number of esters is 1. The maximum Gasteiger partial charge on any atom is 0.472 e. The number of phosphoric ester groups is 1. The number of carbonyl (C=O) groups is 2. The van der Waals surface area contributed by atoms with Crippen molar-refractivity contribution in [3.8, 4) is 0 Å². The number of nitrogens with zero attached hydrogens (tertiary/aromatic N) is 1. The van der Waals surface area contributed by atoms with Gasteiger partial charge in [-0.3, -0.25) is 18.6 Å². The van der Waals surface area contributed by atoms with Gasteiger partial charge in [-0.2, -0.15) is 0 Å². The standard InChI is InChI=1S/C64H117N2O7P/c1-7-10-13-16-19-22-25-28-30-32-33-35-36-38-41-44-47-50-53-56-63(67)65-61(60-72-74(69,70)71-59-58-66(4,5)6)62(55-52-49-46-43-40-27-24-21-18-15-12-9-3)73-64(68)57-54-51-48-45-42-39-37-34-31-29-26-23-20-17-14-11-8-2/h19-20,22-23,28-31,37,39,52,55,61-62H,7-18,21,24-27,32-36,38,40-51,53-54,56-60H2,1-6H3,(H-,65,67,69,70)/p+1/b22-19-,23-20-,30-28-,31-29-,39-37-,55-52+. The highest BCUT2D eigenvalue weighted by molar-refractivity contribution is 7.47. The molecule has 3 atom stereocenters. The molecule has 0 aromatic carbocycles. The van der Waals surface area contributed by atoms with Crippen LogP contribution >= 0.6 is 7.82 Å². The average molecular weight is 1060 g/mol. The third-order valence-corrected chi connectivity index (χ3v) is 14.4. The Bertz CT molecular complexity index is 1500. The summed E-state index contributed by atoms with van der Waals surface area (Å²) >= 11 is 0. The smallest absolute Gasteiger partial charge is 0.456 e. The minimum atomic E-state index is -4.46. The van der Waals surface area contributed by atoms with Crippen molar-refractivity contribution < 1.29 is 37.3 Å². The van der Waals surface area contributed by atoms with Crippen molar-refractivity contribution in [3.63, 3.8) is 0 Å². The molecule has 74 heavy (non-hydrogen) atoms. The molecule has 0 aromatic heterocycles. The Hall–Kier alpha value is -2.55. The van der Waals surface area contributed by atoms with E-state index in [1.807, 2.05) is 33.3 Å². The average Bonchev–Trinajstić information content (AvgIpc) is 3.36. The monoisotopic (exact) mass is 1060 g/mol. The molecule has 0 aliphatic carbocycles. The number of hydrogen-bond donors (Lipinski definition) is 2. The van der Waals surface area contributed by atoms with Gasteiger partial charge in [0, 0.05) is 12.8 Å². The first-order valence-electron chi connectivity index (χ1n) is 30.8. The lowest BCUT2D eigenvalue weighted by Gasteiger charge is -2.27. The Morgan fingerprint density at radius 2 is 0.824 bits per heavy atom. The Labute approximate surface area is 457 Å². The van der Waals surface area contributed by atoms with E-state index in [1.165, 1.54) is 135 Å². The molecule has 3 unspecified atom stereocenters. The van der Waals surface area contributed by atoms with Crippen LogP contribution in [0.5, 0.6) is 0 Å². The summed E-state index contributed by atoms with van der Waals surface area (Å²) in [6.07, 6.45) is 68.9. The van der Waals surface area contributed by atoms with Crippen molar-refractivity contribution >= 4 is 19.7 Å². The minimum Gasteiger partial charge on any atom is -0.456 e. The van der Waals surface area contributed by atoms with Crippen LogP contribution in [0.15, 0.2) is 72.9 Å². The van der Waals surface area contributed by atoms with E-state index in [0.717, 1.165) is 96.3 Å². The van der Waals surface area contributed by atoms with Crippen LogP contribution in [0, 0.1) is 0 Å². The van der Waals surface area contributed by atoms with Gasteiger partial charge in [-0.05, 0) is 102 Å². The van der Waals surface area contributed by atoms with E-state index in [4.69, 9.17) is 13.8 Å². The molecule has 0 aliphatic rings. The summed E-state index contributed by atoms with van der Waals surface area (Å²) in [6, 6.07) is -0.862. The fourth-order valence-electron chi connectivity index (χ4n) is 8.56. The molecule has 10 heteroatoms. The SMILES string of the molecule is CCCCC/C=C\C/C=C\C/C=C\CCCCCCC(=O)OC(/C=C/CCCCCCCCCCCC)C(COP(=O)(O)OCC[N+](C)(C)C)NC(=O)CCCCCCCCCCC/C=C\C/C=C\CCCCC. The summed E-state index contributed by atoms with van der Waals surface area (Å²) < 4.78 is 30.7. The number of nitrogens with one attached hydrogen (secondary N) is 1. The zero-order chi connectivity index (χ0) is 54.3. The molecule has 0 fully saturated rings. The number of allylic oxidation sites excluding steroid dienone is 11. The number of rotatable bonds is 55. The largest absolute Gasteiger partial charge is 0.472 e. The number of carbonyl (C=O) groups excluding carboxylic acids is 2. The number of unbranched alkanes of at least 4 members (excludes halogenated alkanes) is 29. The van der Waals surface area contributed by atoms with E-state index in [-0.39, 0.29) is 31.5 Å². The number of quaternary nitrogens is 1. The maximum absolute atomic E-state index is 13.5. The second-order valence-electron chi connectivity index (χ2n) is 21.9. The molecule has 0 saturated carbocycles. The van der Waals surface area contributed by atoms with Gasteiger partial charge in [0.1, 0.15) is 19.3 Å². The molecule has 0 rings (SSSR count). The third-order valence-electron chi connectivity index (χ3n) is 13.4. The van der Waals surface area contributed by atoms with Gasteiger partial charge in [0.25, 0.3) is 0 Å². The summed E-state index contributed by atoms with van der Waals surface area (Å²) in [5, 5.41) is 3.05. The number of hydrogen-bond acceptors (Lipinski definition) is 6. The third kappa shape index (κ3) is 54.2. The molecule has 0 heterocycles. The van der Waals surface area contributed by atoms with Gasteiger partial charge in [-0.25, -0.2) is 4.57 Å². The maximum atomic E-state index is 13.5. The van der Waals surface area contributed by atoms with E-state index >= 15 is 0 Å². The topological polar surface area (TPSA) is 111 Å². The molecule has 9 nitrogen and oxygen atoms in total. The second-order valence-corrected chi connectivity index (χ2v) is 23.3. The van der Waals surface area contributed by atoms with Gasteiger partial charge in [-0.1, -0.05) is 229 Å². The lowest BCUT2D eigenvalue weighted by Crippen LogP contribution is -2.47. The van der Waals surface area contributed by atoms with Crippen LogP contribution in [-0.2, 0) is 27.9 Å². The molecule has 0 radical (unpaired) electrons. The Balaban J connectivity index is 5.31. The summed E-state index contributed by atoms with van der Waals surface area (Å²) in [7, 11) is 1.48. The fraction of sp³-hybridized carbons (Fsp3) is 0.781. The summed E-state index contributed by atoms with van der Waals surface area (Å²) in [5.74, 6) is -0.533. The Kier molecular flexibility index (Phi) is 52.0. The first kappa shape index (κ1) is 71.5. The number of likely N-dealkylation sites (N-methyl/N-ethyl adjacent to an activating group) is 1. The molecule has 0 bridgehead atoms. The Morgan fingerprint density at radius 3 is 1.26 bits per heavy atom. The zero-order valence-electron chi connectivity index (χ0n) is 49.1. The van der Waals surface area contributed by atoms with E-state index in [1.54, 1.807) is 0 Å². The molecular weight excluding hydrogens is 940 g/mol. The molecule has 0 aliphatic heterocycles. The van der Waals surface area contributed by atoms with Crippen LogP contribution < -0.4 is 5.32 Å². The predicted molar refractivity (Wildman–Crippen MR) is 318 cm³/mol. The summed E-state index contributed by atoms with van der Waals surface area (Å²) in [6.45, 7) is 6.95. The van der Waals surface area contributed by atoms with Crippen molar-refractivity contribution in [2.24, 2.45) is 0 Å². The first-order chi connectivity index (χ1) is 35.9. The van der Waals surface area contributed by atoms with Crippen LogP contribution in [0.25, 0.3) is 0 Å². The van der Waals surface area contributed by atoms with E-state index < -0.39 is 20.0 Å². The van der Waals surface area contributed by atoms with Crippen molar-refractivity contribution in [1.82, 2.24) is 5.32 Å². The predicted octanol–water partition coefficient (Wildman–Crippen LogP) is 18.8. The number of ether oxygens (including phenoxy) is 1. The molecule has 0 spiro atoms. The van der Waals surface area contributed by atoms with E-state index in [0.29, 0.717) is 23.9 Å². The normalized spacial score (nSPS) is 14.2. The summed E-state index contributed by atoms with van der Waals surface area (Å²) in [4.78, 5) is 37.7. The molecule has 0 aromatic rings. The Morgan fingerprint density at radius 1 is 0.473 bits per heavy atom. The van der Waals surface area contributed by atoms with Gasteiger partial charge in [0.15, 0.2) is 0 Å². The van der Waals surface area contributed by atoms with Crippen molar-refractivity contribution in [2.45, 2.75) is 283 Å². The zero-order valence-corrected chi connectivity index (χ0v) is 50.0. The highest BCUT2D eigenvalue weighted by atomic mass is 31.2. The van der Waals surface area contributed by atoms with Crippen LogP contribution in [0.4, 0.5) is 0 Å². The quantitative estimate of drug-likeness (QED) is 0.0205. The van der Waals surface area contributed by atoms with Gasteiger partial charge in [-0.15, -0.1) is 0 Å². The van der Waals surface area contributed by atoms with Crippen LogP contribution in [0.2, 0.25) is 0 Å². The molecule has 430 valence electrons. The highest BCUT2D eigenvalue weighted by Crippen LogP contribution is 2.43. The minimum absolute atomic E-state index is 0.0334. The van der Waals surface area contributed by atoms with Crippen LogP contribution in [-0.4, -0.2) is 74.3 Å². The second kappa shape index (κ2) is 53.8. The highest BCUT2D eigenvalue weighted by Gasteiger charge is 2.30. The van der Waals surface area contributed by atoms with Gasteiger partial charge >= 0.3 is 13.8 Å². The van der Waals surface area contributed by atoms with Gasteiger partial charge in [0.2, 0.25) is 5.91 Å². The van der Waals surface area contributed by atoms with Crippen molar-refractivity contribution in [2.75, 3.05) is 40.9 Å². The lowest BCUT2D eigenvalue weighted by molar-refractivity contribution is -0.870. The first-order valence-corrected chi connectivity index (χ1v) is 32.3. The molecular formula is C64H118N2O7P+. The molecule has 2 N–H and O–H groups in total. The van der Waals surface area contributed by atoms with E-state index in [2.05, 4.69) is 86.8 Å². The fourth-order valence-corrected chi connectivity index (χ4v) is 9.30. The van der Waals surface area contributed by atoms with Gasteiger partial charge in [0.05, 0.1) is 33.8 Å². The van der Waals surface area contributed by atoms with Crippen LogP contribution in [0.1, 0.15) is 271 Å². The number of phosphoric acid groups is 1. The van der Waals surface area contributed by atoms with Crippen LogP contribution in [0.3, 0.4) is 0 Å². The van der Waals surface area contributed by atoms with Crippen molar-refractivity contribution in [3.05, 3.63) is 72.9 Å². The van der Waals surface area contributed by atoms with Gasteiger partial charge < -0.3 is 19.4 Å². The molecule has 0 saturated heterocycles. The van der Waals surface area contributed by atoms with Crippen molar-refractivity contribution in [1.29, 1.82) is 0 Å². The van der Waals surface area contributed by atoms with E-state index in [9.17, 15) is 19.0 Å². The lowest BCUT2D eigenvalue weighted by atomic mass is 10.0. The molecule has 1 amide bonds.